The second-order valence-electron chi connectivity index (χ2n) is 4.21. The van der Waals surface area contributed by atoms with Crippen molar-refractivity contribution in [2.75, 3.05) is 0 Å². The summed E-state index contributed by atoms with van der Waals surface area (Å²) in [7, 11) is 0.502. The van der Waals surface area contributed by atoms with Gasteiger partial charge in [0.2, 0.25) is 0 Å². The molecule has 0 aromatic heterocycles. The molecule has 2 rings (SSSR count). The molecule has 2 aromatic rings. The van der Waals surface area contributed by atoms with Gasteiger partial charge in [-0.1, -0.05) is 36.4 Å². The Balaban J connectivity index is 2.08. The van der Waals surface area contributed by atoms with Gasteiger partial charge in [0.05, 0.1) is 15.6 Å². The van der Waals surface area contributed by atoms with E-state index < -0.39 is 9.83 Å². The van der Waals surface area contributed by atoms with Crippen LogP contribution in [0.25, 0.3) is 0 Å². The van der Waals surface area contributed by atoms with Crippen LogP contribution in [-0.4, -0.2) is 4.21 Å². The molecular formula is C15H16OS2. The molecule has 0 saturated heterocycles. The van der Waals surface area contributed by atoms with Crippen LogP contribution in [0.15, 0.2) is 53.4 Å². The average molecular weight is 276 g/mol. The van der Waals surface area contributed by atoms with Crippen molar-refractivity contribution in [1.29, 1.82) is 0 Å². The van der Waals surface area contributed by atoms with Crippen LogP contribution in [0, 0.1) is 13.8 Å². The molecule has 0 saturated carbocycles. The first kappa shape index (κ1) is 13.4. The summed E-state index contributed by atoms with van der Waals surface area (Å²) in [5.74, 6) is 0.609. The molecule has 1 atom stereocenters. The van der Waals surface area contributed by atoms with Crippen molar-refractivity contribution in [2.24, 2.45) is 0 Å². The summed E-state index contributed by atoms with van der Waals surface area (Å²) in [6.07, 6.45) is 0. The fourth-order valence-corrected chi connectivity index (χ4v) is 4.55. The number of hydrogen-bond acceptors (Lipinski definition) is 2. The normalized spacial score (nSPS) is 12.3. The van der Waals surface area contributed by atoms with Gasteiger partial charge in [-0.3, -0.25) is 0 Å². The minimum Gasteiger partial charge on any atom is -0.247 e. The molecule has 1 unspecified atom stereocenters. The van der Waals surface area contributed by atoms with E-state index in [4.69, 9.17) is 0 Å². The van der Waals surface area contributed by atoms with Crippen molar-refractivity contribution in [3.05, 3.63) is 65.2 Å². The van der Waals surface area contributed by atoms with Gasteiger partial charge in [0.15, 0.2) is 0 Å². The lowest BCUT2D eigenvalue weighted by molar-refractivity contribution is 0.691. The molecule has 0 bridgehead atoms. The van der Waals surface area contributed by atoms with Crippen molar-refractivity contribution < 1.29 is 4.21 Å². The number of hydrogen-bond donors (Lipinski definition) is 0. The van der Waals surface area contributed by atoms with Crippen molar-refractivity contribution >= 4 is 20.6 Å². The van der Waals surface area contributed by atoms with Gasteiger partial charge < -0.3 is 0 Å². The molecule has 0 radical (unpaired) electrons. The molecule has 0 amide bonds. The summed E-state index contributed by atoms with van der Waals surface area (Å²) in [6, 6.07) is 16.1. The van der Waals surface area contributed by atoms with Crippen LogP contribution in [0.5, 0.6) is 0 Å². The molecule has 0 aliphatic carbocycles. The molecule has 0 aliphatic rings. The summed E-state index contributed by atoms with van der Waals surface area (Å²) in [4.78, 5) is 1.06. The van der Waals surface area contributed by atoms with E-state index in [1.54, 1.807) is 0 Å². The molecule has 1 nitrogen and oxygen atoms in total. The van der Waals surface area contributed by atoms with Gasteiger partial charge in [-0.25, -0.2) is 4.21 Å². The minimum atomic E-state index is -0.926. The zero-order valence-electron chi connectivity index (χ0n) is 10.6. The lowest BCUT2D eigenvalue weighted by atomic mass is 10.1. The molecule has 94 valence electrons. The summed E-state index contributed by atoms with van der Waals surface area (Å²) in [5, 5.41) is 0. The Labute approximate surface area is 114 Å². The maximum atomic E-state index is 12.2. The standard InChI is InChI=1S/C15H16OS2/c1-12-7-6-8-13(2)15(12)11-18(16)17-14-9-4-3-5-10-14/h3-10H,11H2,1-2H3. The zero-order valence-corrected chi connectivity index (χ0v) is 12.2. The van der Waals surface area contributed by atoms with E-state index in [1.807, 2.05) is 36.4 Å². The SMILES string of the molecule is Cc1cccc(C)c1CS(=O)Sc1ccccc1. The van der Waals surface area contributed by atoms with Crippen LogP contribution < -0.4 is 0 Å². The lowest BCUT2D eigenvalue weighted by Gasteiger charge is -2.08. The molecule has 0 N–H and O–H groups in total. The van der Waals surface area contributed by atoms with E-state index in [1.165, 1.54) is 27.5 Å². The molecule has 0 spiro atoms. The zero-order chi connectivity index (χ0) is 13.0. The Kier molecular flexibility index (Phi) is 4.61. The average Bonchev–Trinajstić information content (AvgIpc) is 2.35. The van der Waals surface area contributed by atoms with E-state index in [0.717, 1.165) is 4.90 Å². The number of rotatable bonds is 4. The minimum absolute atomic E-state index is 0.609. The first-order valence-corrected chi connectivity index (χ1v) is 8.49. The second kappa shape index (κ2) is 6.21. The monoisotopic (exact) mass is 276 g/mol. The summed E-state index contributed by atoms with van der Waals surface area (Å²) < 4.78 is 12.2. The number of aryl methyl sites for hydroxylation is 2. The smallest absolute Gasteiger partial charge is 0.0897 e. The van der Waals surface area contributed by atoms with E-state index in [9.17, 15) is 4.21 Å². The predicted molar refractivity (Wildman–Crippen MR) is 80.1 cm³/mol. The van der Waals surface area contributed by atoms with Gasteiger partial charge in [-0.05, 0) is 53.5 Å². The highest BCUT2D eigenvalue weighted by Crippen LogP contribution is 2.25. The Hall–Kier alpha value is -1.06. The van der Waals surface area contributed by atoms with Crippen LogP contribution in [0.1, 0.15) is 16.7 Å². The highest BCUT2D eigenvalue weighted by Gasteiger charge is 2.08. The molecule has 0 aliphatic heterocycles. The van der Waals surface area contributed by atoms with Gasteiger partial charge in [0.25, 0.3) is 0 Å². The third-order valence-corrected chi connectivity index (χ3v) is 5.50. The van der Waals surface area contributed by atoms with Crippen LogP contribution in [0.3, 0.4) is 0 Å². The molecular weight excluding hydrogens is 260 g/mol. The first-order chi connectivity index (χ1) is 8.66. The van der Waals surface area contributed by atoms with Gasteiger partial charge in [0, 0.05) is 4.90 Å². The van der Waals surface area contributed by atoms with Gasteiger partial charge in [-0.15, -0.1) is 0 Å². The summed E-state index contributed by atoms with van der Waals surface area (Å²) >= 11 is 0. The second-order valence-corrected chi connectivity index (χ2v) is 7.36. The highest BCUT2D eigenvalue weighted by atomic mass is 33.1. The third kappa shape index (κ3) is 3.47. The largest absolute Gasteiger partial charge is 0.247 e. The van der Waals surface area contributed by atoms with Gasteiger partial charge in [-0.2, -0.15) is 0 Å². The van der Waals surface area contributed by atoms with E-state index in [2.05, 4.69) is 26.0 Å². The molecule has 0 fully saturated rings. The molecule has 0 heterocycles. The van der Waals surface area contributed by atoms with E-state index in [0.29, 0.717) is 5.75 Å². The van der Waals surface area contributed by atoms with E-state index in [-0.39, 0.29) is 0 Å². The molecule has 3 heteroatoms. The molecule has 18 heavy (non-hydrogen) atoms. The quantitative estimate of drug-likeness (QED) is 0.776. The topological polar surface area (TPSA) is 17.1 Å². The van der Waals surface area contributed by atoms with Crippen LogP contribution in [-0.2, 0) is 15.6 Å². The maximum Gasteiger partial charge on any atom is 0.0897 e. The molecule has 2 aromatic carbocycles. The maximum absolute atomic E-state index is 12.2. The predicted octanol–water partition coefficient (Wildman–Crippen LogP) is 4.26. The van der Waals surface area contributed by atoms with Crippen LogP contribution in [0.2, 0.25) is 0 Å². The Morgan fingerprint density at radius 2 is 1.56 bits per heavy atom. The fraction of sp³-hybridized carbons (Fsp3) is 0.200. The van der Waals surface area contributed by atoms with Gasteiger partial charge >= 0.3 is 0 Å². The fourth-order valence-electron chi connectivity index (χ4n) is 1.81. The summed E-state index contributed by atoms with van der Waals surface area (Å²) in [5.41, 5.74) is 3.65. The van der Waals surface area contributed by atoms with Crippen molar-refractivity contribution in [3.63, 3.8) is 0 Å². The Bertz CT molecular complexity index is 529. The Morgan fingerprint density at radius 3 is 2.17 bits per heavy atom. The van der Waals surface area contributed by atoms with Crippen LogP contribution >= 0.6 is 10.8 Å². The van der Waals surface area contributed by atoms with Crippen molar-refractivity contribution in [1.82, 2.24) is 0 Å². The van der Waals surface area contributed by atoms with Crippen LogP contribution in [0.4, 0.5) is 0 Å². The van der Waals surface area contributed by atoms with Gasteiger partial charge in [0.1, 0.15) is 0 Å². The highest BCUT2D eigenvalue weighted by molar-refractivity contribution is 8.68. The Morgan fingerprint density at radius 1 is 0.944 bits per heavy atom. The number of benzene rings is 2. The third-order valence-electron chi connectivity index (χ3n) is 2.84. The summed E-state index contributed by atoms with van der Waals surface area (Å²) in [6.45, 7) is 4.15. The lowest BCUT2D eigenvalue weighted by Crippen LogP contribution is -1.97. The van der Waals surface area contributed by atoms with Crippen molar-refractivity contribution in [3.8, 4) is 0 Å². The van der Waals surface area contributed by atoms with Crippen molar-refractivity contribution in [2.45, 2.75) is 24.5 Å². The van der Waals surface area contributed by atoms with E-state index >= 15 is 0 Å². The first-order valence-electron chi connectivity index (χ1n) is 5.83.